The van der Waals surface area contributed by atoms with Gasteiger partial charge in [-0.2, -0.15) is 0 Å². The van der Waals surface area contributed by atoms with E-state index in [1.54, 1.807) is 10.7 Å². The van der Waals surface area contributed by atoms with Gasteiger partial charge in [-0.25, -0.2) is 14.6 Å². The van der Waals surface area contributed by atoms with Crippen molar-refractivity contribution in [3.05, 3.63) is 58.3 Å². The van der Waals surface area contributed by atoms with E-state index in [9.17, 15) is 9.59 Å². The Labute approximate surface area is 287 Å². The fraction of sp³-hybridized carbons (Fsp3) is 0.641. The number of aromatic nitrogens is 3. The largest absolute Gasteiger partial charge is 0.480 e. The van der Waals surface area contributed by atoms with Crippen molar-refractivity contribution >= 4 is 23.2 Å². The first-order chi connectivity index (χ1) is 22.6. The number of benzene rings is 1. The van der Waals surface area contributed by atoms with E-state index in [1.807, 2.05) is 19.9 Å². The van der Waals surface area contributed by atoms with E-state index in [1.165, 1.54) is 5.56 Å². The van der Waals surface area contributed by atoms with Crippen molar-refractivity contribution in [2.45, 2.75) is 137 Å². The van der Waals surface area contributed by atoms with Crippen LogP contribution in [0.4, 0.5) is 5.69 Å². The maximum atomic E-state index is 13.5. The van der Waals surface area contributed by atoms with Crippen LogP contribution in [-0.2, 0) is 20.4 Å². The Hall–Kier alpha value is -3.80. The van der Waals surface area contributed by atoms with Crippen LogP contribution < -0.4 is 10.1 Å². The van der Waals surface area contributed by atoms with Crippen molar-refractivity contribution < 1.29 is 19.1 Å². The minimum Gasteiger partial charge on any atom is -0.480 e. The maximum Gasteiger partial charge on any atom is 0.331 e. The van der Waals surface area contributed by atoms with Crippen LogP contribution in [0.5, 0.6) is 5.75 Å². The molecule has 4 unspecified atom stereocenters. The van der Waals surface area contributed by atoms with Crippen molar-refractivity contribution in [1.29, 1.82) is 0 Å². The van der Waals surface area contributed by atoms with Gasteiger partial charge in [-0.15, -0.1) is 0 Å². The van der Waals surface area contributed by atoms with E-state index in [2.05, 4.69) is 89.7 Å². The summed E-state index contributed by atoms with van der Waals surface area (Å²) < 4.78 is 14.1. The summed E-state index contributed by atoms with van der Waals surface area (Å²) in [6, 6.07) is 6.41. The zero-order valence-electron chi connectivity index (χ0n) is 31.0. The lowest BCUT2D eigenvalue weighted by molar-refractivity contribution is -0.128. The van der Waals surface area contributed by atoms with E-state index >= 15 is 0 Å². The first-order valence-electron chi connectivity index (χ1n) is 17.8. The van der Waals surface area contributed by atoms with E-state index in [0.717, 1.165) is 37.0 Å². The highest BCUT2D eigenvalue weighted by atomic mass is 16.5. The molecule has 1 fully saturated rings. The molecule has 2 N–H and O–H groups in total. The molecule has 0 saturated heterocycles. The summed E-state index contributed by atoms with van der Waals surface area (Å²) in [5.74, 6) is 1.52. The van der Waals surface area contributed by atoms with Gasteiger partial charge < -0.3 is 14.8 Å². The van der Waals surface area contributed by atoms with E-state index in [0.29, 0.717) is 30.4 Å². The number of nitrogens with zero attached hydrogens (tertiary/aromatic N) is 3. The first kappa shape index (κ1) is 37.0. The quantitative estimate of drug-likeness (QED) is 0.141. The molecule has 1 amide bonds. The number of hydrogen-bond acceptors (Lipinski definition) is 5. The normalized spacial score (nSPS) is 21.4. The number of rotatable bonds is 13. The van der Waals surface area contributed by atoms with E-state index in [-0.39, 0.29) is 51.8 Å². The third-order valence-corrected chi connectivity index (χ3v) is 10.9. The van der Waals surface area contributed by atoms with Gasteiger partial charge in [0.2, 0.25) is 5.69 Å². The van der Waals surface area contributed by atoms with E-state index < -0.39 is 12.1 Å². The second-order valence-electron chi connectivity index (χ2n) is 15.6. The Morgan fingerprint density at radius 2 is 1.73 bits per heavy atom. The standard InChI is InChI=1S/C39H57N5O4/c1-13-30(47-31-17-16-27(38(8,9)14-2)20-28(31)39(10,11)15-3)36(45)41-21-26(7)34-42-35-32(29(40-12)22-44(35)43-34)37(46)48-33-24(5)18-23(4)19-25(33)6/h16-17,20,22-26,30,33H,13-15,18-19,21H2,1-11H3,(H,41,45)(H,42,43). The van der Waals surface area contributed by atoms with Crippen LogP contribution in [0.25, 0.3) is 10.5 Å². The average Bonchev–Trinajstić information content (AvgIpc) is 3.62. The zero-order chi connectivity index (χ0) is 35.6. The number of hydrogen-bond donors (Lipinski definition) is 2. The summed E-state index contributed by atoms with van der Waals surface area (Å²) in [6.45, 7) is 31.7. The molecule has 0 bridgehead atoms. The molecule has 48 heavy (non-hydrogen) atoms. The van der Waals surface area contributed by atoms with Gasteiger partial charge in [-0.05, 0) is 72.3 Å². The highest BCUT2D eigenvalue weighted by molar-refractivity contribution is 6.02. The summed E-state index contributed by atoms with van der Waals surface area (Å²) in [7, 11) is 0. The molecule has 1 aromatic carbocycles. The first-order valence-corrected chi connectivity index (χ1v) is 17.8. The molecule has 0 aliphatic heterocycles. The number of H-pyrrole nitrogens is 1. The molecule has 2 aromatic heterocycles. The van der Waals surface area contributed by atoms with Crippen LogP contribution in [0.15, 0.2) is 24.4 Å². The van der Waals surface area contributed by atoms with Gasteiger partial charge >= 0.3 is 5.97 Å². The molecule has 0 spiro atoms. The summed E-state index contributed by atoms with van der Waals surface area (Å²) in [6.07, 6.45) is 5.21. The lowest BCUT2D eigenvalue weighted by Crippen LogP contribution is -2.40. The van der Waals surface area contributed by atoms with Crippen molar-refractivity contribution in [3.8, 4) is 5.75 Å². The summed E-state index contributed by atoms with van der Waals surface area (Å²) in [4.78, 5) is 35.2. The number of carbonyl (C=O) groups excluding carboxylic acids is 2. The molecule has 0 radical (unpaired) electrons. The molecule has 2 heterocycles. The average molecular weight is 660 g/mol. The van der Waals surface area contributed by atoms with Gasteiger partial charge in [0.1, 0.15) is 23.2 Å². The Morgan fingerprint density at radius 1 is 1.08 bits per heavy atom. The fourth-order valence-corrected chi connectivity index (χ4v) is 6.97. The molecule has 1 saturated carbocycles. The Morgan fingerprint density at radius 3 is 2.31 bits per heavy atom. The molecule has 262 valence electrons. The SMILES string of the molecule is [C-]#[N+]c1cn2[nH]c(C(C)CNC(=O)C(CC)Oc3ccc(C(C)(C)CC)cc3C(C)(C)CC)nc2c1C(=O)OC1C(C)CC(C)CC1C. The number of carbonyl (C=O) groups is 2. The molecule has 4 rings (SSSR count). The zero-order valence-corrected chi connectivity index (χ0v) is 31.0. The number of aromatic amines is 1. The third-order valence-electron chi connectivity index (χ3n) is 10.9. The summed E-state index contributed by atoms with van der Waals surface area (Å²) >= 11 is 0. The van der Waals surface area contributed by atoms with Gasteiger partial charge in [0.15, 0.2) is 11.8 Å². The van der Waals surface area contributed by atoms with E-state index in [4.69, 9.17) is 21.0 Å². The van der Waals surface area contributed by atoms with Crippen LogP contribution >= 0.6 is 0 Å². The predicted molar refractivity (Wildman–Crippen MR) is 191 cm³/mol. The third kappa shape index (κ3) is 7.74. The Bertz CT molecular complexity index is 1630. The molecule has 3 aromatic rings. The van der Waals surface area contributed by atoms with Gasteiger partial charge in [0.25, 0.3) is 5.91 Å². The van der Waals surface area contributed by atoms with Crippen LogP contribution in [-0.4, -0.2) is 45.2 Å². The second-order valence-corrected chi connectivity index (χ2v) is 15.6. The molecular weight excluding hydrogens is 602 g/mol. The van der Waals surface area contributed by atoms with Gasteiger partial charge in [0.05, 0.1) is 6.57 Å². The van der Waals surface area contributed by atoms with Gasteiger partial charge in [-0.1, -0.05) is 88.3 Å². The summed E-state index contributed by atoms with van der Waals surface area (Å²) in [5.41, 5.74) is 3.05. The predicted octanol–water partition coefficient (Wildman–Crippen LogP) is 8.89. The monoisotopic (exact) mass is 659 g/mol. The Kier molecular flexibility index (Phi) is 11.4. The van der Waals surface area contributed by atoms with Crippen molar-refractivity contribution in [2.24, 2.45) is 17.8 Å². The minimum absolute atomic E-state index is 0.0383. The molecule has 4 atom stereocenters. The van der Waals surface area contributed by atoms with Crippen LogP contribution in [0.1, 0.15) is 141 Å². The molecule has 1 aliphatic rings. The van der Waals surface area contributed by atoms with Crippen LogP contribution in [0, 0.1) is 24.3 Å². The lowest BCUT2D eigenvalue weighted by Gasteiger charge is -2.37. The molecular formula is C39H57N5O4. The van der Waals surface area contributed by atoms with Crippen LogP contribution in [0.2, 0.25) is 0 Å². The maximum absolute atomic E-state index is 13.5. The van der Waals surface area contributed by atoms with Gasteiger partial charge in [0, 0.05) is 24.2 Å². The number of ether oxygens (including phenoxy) is 2. The summed E-state index contributed by atoms with van der Waals surface area (Å²) in [5, 5.41) is 6.26. The van der Waals surface area contributed by atoms with Gasteiger partial charge in [-0.3, -0.25) is 14.4 Å². The Balaban J connectivity index is 1.48. The number of esters is 1. The molecule has 9 nitrogen and oxygen atoms in total. The van der Waals surface area contributed by atoms with Crippen molar-refractivity contribution in [1.82, 2.24) is 19.9 Å². The highest BCUT2D eigenvalue weighted by Gasteiger charge is 2.36. The number of nitrogens with one attached hydrogen (secondary N) is 2. The lowest BCUT2D eigenvalue weighted by atomic mass is 9.75. The number of fused-ring (bicyclic) bond motifs is 1. The molecule has 9 heteroatoms. The second kappa shape index (κ2) is 14.8. The van der Waals surface area contributed by atoms with Crippen molar-refractivity contribution in [2.75, 3.05) is 6.54 Å². The minimum atomic E-state index is -0.656. The smallest absolute Gasteiger partial charge is 0.331 e. The molecule has 1 aliphatic carbocycles. The topological polar surface area (TPSA) is 102 Å². The highest BCUT2D eigenvalue weighted by Crippen LogP contribution is 2.39. The van der Waals surface area contributed by atoms with Crippen LogP contribution in [0.3, 0.4) is 0 Å². The fourth-order valence-electron chi connectivity index (χ4n) is 6.97. The van der Waals surface area contributed by atoms with Crippen molar-refractivity contribution in [3.63, 3.8) is 0 Å². The number of amides is 1.